The summed E-state index contributed by atoms with van der Waals surface area (Å²) < 4.78 is 28.1. The van der Waals surface area contributed by atoms with Gasteiger partial charge in [0.25, 0.3) is 5.91 Å². The molecular formula is C22H18F2N4O3. The quantitative estimate of drug-likeness (QED) is 0.565. The van der Waals surface area contributed by atoms with Gasteiger partial charge in [-0.2, -0.15) is 0 Å². The molecule has 1 saturated carbocycles. The van der Waals surface area contributed by atoms with Gasteiger partial charge >= 0.3 is 0 Å². The number of aromatic nitrogens is 2. The first kappa shape index (κ1) is 20.4. The molecule has 3 N–H and O–H groups in total. The Labute approximate surface area is 176 Å². The normalized spacial score (nSPS) is 14.0. The maximum atomic E-state index is 14.6. The number of phenols is 1. The molecule has 0 aliphatic heterocycles. The summed E-state index contributed by atoms with van der Waals surface area (Å²) in [5.74, 6) is -2.84. The van der Waals surface area contributed by atoms with Crippen molar-refractivity contribution in [3.8, 4) is 16.9 Å². The van der Waals surface area contributed by atoms with Gasteiger partial charge in [-0.1, -0.05) is 24.3 Å². The van der Waals surface area contributed by atoms with Crippen LogP contribution in [0.15, 0.2) is 55.1 Å². The Morgan fingerprint density at radius 3 is 2.48 bits per heavy atom. The van der Waals surface area contributed by atoms with Crippen LogP contribution in [-0.4, -0.2) is 32.4 Å². The molecule has 7 nitrogen and oxygen atoms in total. The topological polar surface area (TPSA) is 104 Å². The number of carbonyl (C=O) groups excluding carboxylic acids is 2. The monoisotopic (exact) mass is 424 g/mol. The molecule has 1 aliphatic carbocycles. The Morgan fingerprint density at radius 2 is 1.81 bits per heavy atom. The lowest BCUT2D eigenvalue weighted by Gasteiger charge is -2.17. The second kappa shape index (κ2) is 8.10. The maximum absolute atomic E-state index is 14.6. The first-order valence-corrected chi connectivity index (χ1v) is 9.52. The van der Waals surface area contributed by atoms with Crippen molar-refractivity contribution in [2.24, 2.45) is 0 Å². The number of nitrogens with zero attached hydrogens (tertiary/aromatic N) is 2. The van der Waals surface area contributed by atoms with Crippen LogP contribution in [0.5, 0.6) is 5.75 Å². The van der Waals surface area contributed by atoms with E-state index in [-0.39, 0.29) is 23.2 Å². The van der Waals surface area contributed by atoms with Crippen LogP contribution < -0.4 is 10.6 Å². The van der Waals surface area contributed by atoms with E-state index in [2.05, 4.69) is 20.6 Å². The number of hydrogen-bond acceptors (Lipinski definition) is 5. The summed E-state index contributed by atoms with van der Waals surface area (Å²) in [6, 6.07) is 8.15. The van der Waals surface area contributed by atoms with E-state index in [1.54, 1.807) is 0 Å². The molecule has 0 saturated heterocycles. The predicted octanol–water partition coefficient (Wildman–Crippen LogP) is 2.71. The van der Waals surface area contributed by atoms with Gasteiger partial charge < -0.3 is 15.7 Å². The van der Waals surface area contributed by atoms with E-state index < -0.39 is 34.7 Å². The largest absolute Gasteiger partial charge is 0.504 e. The number of halogens is 2. The van der Waals surface area contributed by atoms with Gasteiger partial charge in [0, 0.05) is 30.1 Å². The summed E-state index contributed by atoms with van der Waals surface area (Å²) in [4.78, 5) is 32.4. The second-order valence-corrected chi connectivity index (χ2v) is 7.29. The number of benzene rings is 2. The van der Waals surface area contributed by atoms with Crippen molar-refractivity contribution < 1.29 is 23.5 Å². The first-order valence-electron chi connectivity index (χ1n) is 9.52. The summed E-state index contributed by atoms with van der Waals surface area (Å²) in [5, 5.41) is 15.2. The highest BCUT2D eigenvalue weighted by atomic mass is 19.1. The Kier molecular flexibility index (Phi) is 5.33. The average Bonchev–Trinajstić information content (AvgIpc) is 3.56. The van der Waals surface area contributed by atoms with Gasteiger partial charge in [0.05, 0.1) is 5.56 Å². The lowest BCUT2D eigenvalue weighted by atomic mass is 10.0. The molecule has 31 heavy (non-hydrogen) atoms. The molecule has 158 valence electrons. The molecule has 0 radical (unpaired) electrons. The number of phenolic OH excluding ortho intramolecular Hbond substituents is 1. The standard InChI is InChI=1S/C22H18F2N4O3/c23-17-3-1-2-16(19(17)29)13-4-5-14(18(24)8-13)11-27-21(31)22(6-7-22)28-20(30)15-9-25-12-26-10-15/h1-5,8-10,12,29H,6-7,11H2,(H,27,31)(H,28,30). The minimum Gasteiger partial charge on any atom is -0.504 e. The van der Waals surface area contributed by atoms with Gasteiger partial charge in [-0.3, -0.25) is 9.59 Å². The fourth-order valence-electron chi connectivity index (χ4n) is 3.19. The molecule has 1 aromatic heterocycles. The van der Waals surface area contributed by atoms with Crippen LogP contribution in [-0.2, 0) is 11.3 Å². The predicted molar refractivity (Wildman–Crippen MR) is 107 cm³/mol. The van der Waals surface area contributed by atoms with Gasteiger partial charge in [0.15, 0.2) is 11.6 Å². The molecule has 1 fully saturated rings. The molecule has 4 rings (SSSR count). The van der Waals surface area contributed by atoms with Gasteiger partial charge in [0.1, 0.15) is 17.7 Å². The third-order valence-corrected chi connectivity index (χ3v) is 5.15. The van der Waals surface area contributed by atoms with Gasteiger partial charge in [-0.05, 0) is 30.5 Å². The number of nitrogens with one attached hydrogen (secondary N) is 2. The fourth-order valence-corrected chi connectivity index (χ4v) is 3.19. The summed E-state index contributed by atoms with van der Waals surface area (Å²) >= 11 is 0. The Balaban J connectivity index is 1.41. The summed E-state index contributed by atoms with van der Waals surface area (Å²) in [7, 11) is 0. The molecule has 1 heterocycles. The van der Waals surface area contributed by atoms with Crippen molar-refractivity contribution in [2.45, 2.75) is 24.9 Å². The second-order valence-electron chi connectivity index (χ2n) is 7.29. The molecule has 9 heteroatoms. The van der Waals surface area contributed by atoms with Crippen molar-refractivity contribution in [2.75, 3.05) is 0 Å². The number of hydrogen-bond donors (Lipinski definition) is 3. The van der Waals surface area contributed by atoms with Crippen molar-refractivity contribution in [1.29, 1.82) is 0 Å². The number of amides is 2. The van der Waals surface area contributed by atoms with E-state index in [1.165, 1.54) is 49.1 Å². The highest BCUT2D eigenvalue weighted by molar-refractivity contribution is 6.00. The maximum Gasteiger partial charge on any atom is 0.255 e. The first-order chi connectivity index (χ1) is 14.9. The van der Waals surface area contributed by atoms with E-state index in [9.17, 15) is 23.5 Å². The highest BCUT2D eigenvalue weighted by Gasteiger charge is 2.51. The molecule has 2 aromatic carbocycles. The molecule has 0 spiro atoms. The Hall–Kier alpha value is -3.88. The average molecular weight is 424 g/mol. The van der Waals surface area contributed by atoms with E-state index >= 15 is 0 Å². The van der Waals surface area contributed by atoms with E-state index in [4.69, 9.17) is 0 Å². The van der Waals surface area contributed by atoms with Gasteiger partial charge in [-0.25, -0.2) is 18.7 Å². The summed E-state index contributed by atoms with van der Waals surface area (Å²) in [6.07, 6.45) is 4.94. The van der Waals surface area contributed by atoms with E-state index in [0.29, 0.717) is 18.4 Å². The Morgan fingerprint density at radius 1 is 1.06 bits per heavy atom. The van der Waals surface area contributed by atoms with Crippen LogP contribution in [0.25, 0.3) is 11.1 Å². The minimum atomic E-state index is -1.03. The third kappa shape index (κ3) is 4.20. The van der Waals surface area contributed by atoms with Crippen LogP contribution >= 0.6 is 0 Å². The molecule has 2 amide bonds. The lowest BCUT2D eigenvalue weighted by molar-refractivity contribution is -0.124. The number of aromatic hydroxyl groups is 1. The zero-order valence-electron chi connectivity index (χ0n) is 16.2. The van der Waals surface area contributed by atoms with Crippen molar-refractivity contribution in [3.05, 3.63) is 77.9 Å². The van der Waals surface area contributed by atoms with Crippen LogP contribution in [0, 0.1) is 11.6 Å². The SMILES string of the molecule is O=C(NC1(C(=O)NCc2ccc(-c3cccc(F)c3O)cc2F)CC1)c1cncnc1. The van der Waals surface area contributed by atoms with Gasteiger partial charge in [-0.15, -0.1) is 0 Å². The summed E-state index contributed by atoms with van der Waals surface area (Å²) in [5.41, 5.74) is -0.105. The smallest absolute Gasteiger partial charge is 0.255 e. The van der Waals surface area contributed by atoms with Crippen LogP contribution in [0.1, 0.15) is 28.8 Å². The number of para-hydroxylation sites is 1. The molecule has 0 bridgehead atoms. The van der Waals surface area contributed by atoms with E-state index in [1.807, 2.05) is 0 Å². The molecule has 1 aliphatic rings. The van der Waals surface area contributed by atoms with Crippen molar-refractivity contribution in [1.82, 2.24) is 20.6 Å². The zero-order chi connectivity index (χ0) is 22.0. The lowest BCUT2D eigenvalue weighted by Crippen LogP contribution is -2.48. The highest BCUT2D eigenvalue weighted by Crippen LogP contribution is 2.36. The van der Waals surface area contributed by atoms with E-state index in [0.717, 1.165) is 6.07 Å². The van der Waals surface area contributed by atoms with Crippen LogP contribution in [0.3, 0.4) is 0 Å². The molecule has 0 unspecified atom stereocenters. The molecule has 3 aromatic rings. The molecular weight excluding hydrogens is 406 g/mol. The third-order valence-electron chi connectivity index (χ3n) is 5.15. The minimum absolute atomic E-state index is 0.0911. The number of rotatable bonds is 6. The number of carbonyl (C=O) groups is 2. The van der Waals surface area contributed by atoms with Crippen molar-refractivity contribution in [3.63, 3.8) is 0 Å². The fraction of sp³-hybridized carbons (Fsp3) is 0.182. The molecule has 0 atom stereocenters. The van der Waals surface area contributed by atoms with Gasteiger partial charge in [0.2, 0.25) is 5.91 Å². The van der Waals surface area contributed by atoms with Crippen LogP contribution in [0.2, 0.25) is 0 Å². The zero-order valence-corrected chi connectivity index (χ0v) is 16.2. The van der Waals surface area contributed by atoms with Crippen LogP contribution in [0.4, 0.5) is 8.78 Å². The summed E-state index contributed by atoms with van der Waals surface area (Å²) in [6.45, 7) is -0.0911. The van der Waals surface area contributed by atoms with Crippen molar-refractivity contribution >= 4 is 11.8 Å². The Bertz CT molecular complexity index is 1150.